The quantitative estimate of drug-likeness (QED) is 0.458. The minimum Gasteiger partial charge on any atom is 0 e. The SMILES string of the molecule is O=[Si](O)O.[BaH2].[MgH2].[Zn]. The van der Waals surface area contributed by atoms with Crippen molar-refractivity contribution in [2.24, 2.45) is 0 Å². The van der Waals surface area contributed by atoms with Gasteiger partial charge >= 0.3 is 81.1 Å². The Morgan fingerprint density at radius 3 is 1.29 bits per heavy atom. The van der Waals surface area contributed by atoms with E-state index in [0.29, 0.717) is 0 Å². The number of hydrogen-bond acceptors (Lipinski definition) is 1. The largest absolute Gasteiger partial charge is 0.316 e. The first-order chi connectivity index (χ1) is 1.73. The summed E-state index contributed by atoms with van der Waals surface area (Å²) in [5, 5.41) is 0. The van der Waals surface area contributed by atoms with Gasteiger partial charge in [0, 0.05) is 19.5 Å². The molecule has 0 saturated heterocycles. The van der Waals surface area contributed by atoms with Crippen LogP contribution in [0.4, 0.5) is 0 Å². The van der Waals surface area contributed by atoms with E-state index in [9.17, 15) is 0 Å². The van der Waals surface area contributed by atoms with E-state index >= 15 is 0 Å². The Morgan fingerprint density at radius 2 is 1.29 bits per heavy atom. The number of rotatable bonds is 0. The van der Waals surface area contributed by atoms with Gasteiger partial charge in [-0.3, -0.25) is 4.46 Å². The summed E-state index contributed by atoms with van der Waals surface area (Å²) in [5.74, 6) is 0. The summed E-state index contributed by atoms with van der Waals surface area (Å²) in [6, 6.07) is 0. The Morgan fingerprint density at radius 1 is 1.29 bits per heavy atom. The summed E-state index contributed by atoms with van der Waals surface area (Å²) >= 11 is 0. The molecule has 2 N–H and O–H groups in total. The van der Waals surface area contributed by atoms with E-state index in [-0.39, 0.29) is 91.4 Å². The minimum atomic E-state index is -3.13. The molecule has 0 rings (SSSR count). The third-order valence-electron chi connectivity index (χ3n) is 0. The minimum absolute atomic E-state index is 0. The molecule has 0 heterocycles. The van der Waals surface area contributed by atoms with Gasteiger partial charge in [0.05, 0.1) is 0 Å². The topological polar surface area (TPSA) is 57.5 Å². The fourth-order valence-corrected chi connectivity index (χ4v) is 0. The molecule has 0 amide bonds. The van der Waals surface area contributed by atoms with Crippen LogP contribution in [0.2, 0.25) is 0 Å². The monoisotopic (exact) mass is 308 g/mol. The van der Waals surface area contributed by atoms with Crippen molar-refractivity contribution in [2.75, 3.05) is 0 Å². The van der Waals surface area contributed by atoms with Gasteiger partial charge < -0.3 is 9.59 Å². The maximum Gasteiger partial charge on any atom is 0.316 e. The molecule has 34 valence electrons. The van der Waals surface area contributed by atoms with Gasteiger partial charge in [-0.25, -0.2) is 0 Å². The standard InChI is InChI=1S/Ba.Mg.H2O3Si.Zn.4H/c;;1-4(2)3;;;;;/h;;1-2H;;;;;. The summed E-state index contributed by atoms with van der Waals surface area (Å²) in [5.41, 5.74) is 0. The van der Waals surface area contributed by atoms with Crippen LogP contribution in [0.3, 0.4) is 0 Å². The maximum absolute atomic E-state index is 8.74. The van der Waals surface area contributed by atoms with Crippen molar-refractivity contribution < 1.29 is 33.5 Å². The first-order valence-electron chi connectivity index (χ1n) is 0.651. The molecule has 0 aromatic carbocycles. The summed E-state index contributed by atoms with van der Waals surface area (Å²) in [6.07, 6.45) is 0. The van der Waals surface area contributed by atoms with E-state index in [0.717, 1.165) is 0 Å². The predicted molar refractivity (Wildman–Crippen MR) is 28.0 cm³/mol. The van der Waals surface area contributed by atoms with Crippen LogP contribution >= 0.6 is 0 Å². The second-order valence-corrected chi connectivity index (χ2v) is 0.848. The van der Waals surface area contributed by atoms with Crippen LogP contribution in [0.25, 0.3) is 0 Å². The van der Waals surface area contributed by atoms with Gasteiger partial charge in [-0.05, 0) is 0 Å². The van der Waals surface area contributed by atoms with Gasteiger partial charge in [-0.1, -0.05) is 0 Å². The van der Waals surface area contributed by atoms with Crippen LogP contribution in [-0.4, -0.2) is 90.7 Å². The van der Waals surface area contributed by atoms with Crippen molar-refractivity contribution in [2.45, 2.75) is 0 Å². The Balaban J connectivity index is -0.0000000150. The summed E-state index contributed by atoms with van der Waals surface area (Å²) < 4.78 is 8.74. The molecule has 0 bridgehead atoms. The molecule has 0 saturated carbocycles. The third kappa shape index (κ3) is 55.8. The molecule has 0 aromatic rings. The predicted octanol–water partition coefficient (Wildman–Crippen LogP) is -3.45. The third-order valence-corrected chi connectivity index (χ3v) is 0. The summed E-state index contributed by atoms with van der Waals surface area (Å²) in [7, 11) is -3.13. The fraction of sp³-hybridized carbons (Fsp3) is 0. The van der Waals surface area contributed by atoms with Gasteiger partial charge in [-0.2, -0.15) is 0 Å². The van der Waals surface area contributed by atoms with Crippen molar-refractivity contribution in [3.63, 3.8) is 0 Å². The van der Waals surface area contributed by atoms with Crippen molar-refractivity contribution in [1.82, 2.24) is 0 Å². The van der Waals surface area contributed by atoms with Crippen molar-refractivity contribution in [1.29, 1.82) is 0 Å². The van der Waals surface area contributed by atoms with E-state index in [1.165, 1.54) is 0 Å². The van der Waals surface area contributed by atoms with Crippen molar-refractivity contribution in [3.8, 4) is 0 Å². The Bertz CT molecular complexity index is 37.9. The molecule has 0 aliphatic carbocycles. The van der Waals surface area contributed by atoms with Crippen LogP contribution in [0.1, 0.15) is 0 Å². The summed E-state index contributed by atoms with van der Waals surface area (Å²) in [6.45, 7) is 0. The van der Waals surface area contributed by atoms with E-state index in [4.69, 9.17) is 14.1 Å². The smallest absolute Gasteiger partial charge is 0 e. The Hall–Kier alpha value is 2.58. The maximum atomic E-state index is 8.74. The van der Waals surface area contributed by atoms with E-state index in [2.05, 4.69) is 0 Å². The van der Waals surface area contributed by atoms with Crippen molar-refractivity contribution >= 4 is 81.1 Å². The molecular formula is H6BaMgO3SiZn. The molecule has 0 aliphatic heterocycles. The Kier molecular flexibility index (Phi) is 51.2. The average Bonchev–Trinajstić information content (AvgIpc) is 0.811. The molecule has 0 aliphatic rings. The zero-order chi connectivity index (χ0) is 3.58. The zero-order valence-corrected chi connectivity index (χ0v) is 6.48. The van der Waals surface area contributed by atoms with Crippen LogP contribution in [0.15, 0.2) is 0 Å². The first-order valence-corrected chi connectivity index (χ1v) is 1.95. The summed E-state index contributed by atoms with van der Waals surface area (Å²) in [4.78, 5) is 14.3. The van der Waals surface area contributed by atoms with Crippen LogP contribution in [0, 0.1) is 0 Å². The molecule has 0 aromatic heterocycles. The Labute approximate surface area is 112 Å². The van der Waals surface area contributed by atoms with E-state index in [1.54, 1.807) is 0 Å². The van der Waals surface area contributed by atoms with Gasteiger partial charge in [0.25, 0.3) is 0 Å². The normalized spacial score (nSPS) is 3.43. The van der Waals surface area contributed by atoms with Crippen molar-refractivity contribution in [3.05, 3.63) is 0 Å². The molecule has 0 fully saturated rings. The molecule has 0 unspecified atom stereocenters. The average molecular weight is 309 g/mol. The van der Waals surface area contributed by atoms with E-state index in [1.807, 2.05) is 0 Å². The molecular weight excluding hydrogens is 303 g/mol. The second kappa shape index (κ2) is 15.8. The van der Waals surface area contributed by atoms with Gasteiger partial charge in [0.1, 0.15) is 0 Å². The fourth-order valence-electron chi connectivity index (χ4n) is 0. The first kappa shape index (κ1) is 22.7. The molecule has 0 radical (unpaired) electrons. The van der Waals surface area contributed by atoms with Gasteiger partial charge in [-0.15, -0.1) is 0 Å². The molecule has 0 atom stereocenters. The molecule has 7 heavy (non-hydrogen) atoms. The number of hydrogen-bond donors (Lipinski definition) is 2. The molecule has 3 nitrogen and oxygen atoms in total. The molecule has 7 heteroatoms. The molecule has 0 spiro atoms. The van der Waals surface area contributed by atoms with Gasteiger partial charge in [0.15, 0.2) is 0 Å². The zero-order valence-electron chi connectivity index (χ0n) is 2.51. The van der Waals surface area contributed by atoms with Crippen LogP contribution < -0.4 is 0 Å². The van der Waals surface area contributed by atoms with Gasteiger partial charge in [0.2, 0.25) is 0 Å². The second-order valence-electron chi connectivity index (χ2n) is 0.283. The van der Waals surface area contributed by atoms with Crippen LogP contribution in [0.5, 0.6) is 0 Å². The van der Waals surface area contributed by atoms with Crippen LogP contribution in [-0.2, 0) is 23.9 Å². The van der Waals surface area contributed by atoms with E-state index < -0.39 is 9.17 Å².